The van der Waals surface area contributed by atoms with Gasteiger partial charge in [-0.25, -0.2) is 0 Å². The van der Waals surface area contributed by atoms with Crippen LogP contribution in [0.4, 0.5) is 0 Å². The van der Waals surface area contributed by atoms with E-state index >= 15 is 0 Å². The Morgan fingerprint density at radius 2 is 1.03 bits per heavy atom. The molecule has 0 radical (unpaired) electrons. The summed E-state index contributed by atoms with van der Waals surface area (Å²) in [5.41, 5.74) is 19.3. The minimum Gasteiger partial charge on any atom is -0.309 e. The Balaban J connectivity index is 1.06. The average molecular weight is 765 g/mol. The summed E-state index contributed by atoms with van der Waals surface area (Å²) in [6.07, 6.45) is 0. The van der Waals surface area contributed by atoms with Crippen molar-refractivity contribution >= 4 is 43.9 Å². The van der Waals surface area contributed by atoms with E-state index in [9.17, 15) is 0 Å². The molecule has 0 fully saturated rings. The Morgan fingerprint density at radius 3 is 1.78 bits per heavy atom. The molecule has 0 aliphatic heterocycles. The number of hydrogen-bond donors (Lipinski definition) is 0. The zero-order chi connectivity index (χ0) is 39.8. The molecule has 2 aliphatic rings. The van der Waals surface area contributed by atoms with Crippen LogP contribution in [-0.2, 0) is 12.0 Å². The smallest absolute Gasteiger partial charge is 0.0735 e. The molecular weight excluding hydrogens is 725 g/mol. The van der Waals surface area contributed by atoms with E-state index in [4.69, 9.17) is 4.99 Å². The number of fused-ring (bicyclic) bond motifs is 11. The van der Waals surface area contributed by atoms with Gasteiger partial charge in [-0.3, -0.25) is 4.99 Å². The first-order valence-corrected chi connectivity index (χ1v) is 20.9. The number of aromatic nitrogens is 1. The zero-order valence-corrected chi connectivity index (χ0v) is 33.3. The highest BCUT2D eigenvalue weighted by Gasteiger charge is 2.52. The lowest BCUT2D eigenvalue weighted by Gasteiger charge is -2.31. The van der Waals surface area contributed by atoms with E-state index < -0.39 is 5.41 Å². The molecule has 0 bridgehead atoms. The topological polar surface area (TPSA) is 17.3 Å². The minimum atomic E-state index is -0.491. The van der Waals surface area contributed by atoms with Gasteiger partial charge in [-0.2, -0.15) is 0 Å². The average Bonchev–Trinajstić information content (AvgIpc) is 3.90. The molecule has 0 saturated heterocycles. The minimum absolute atomic E-state index is 0.491. The highest BCUT2D eigenvalue weighted by atomic mass is 15.0. The molecule has 1 aromatic heterocycles. The summed E-state index contributed by atoms with van der Waals surface area (Å²) in [5.74, 6) is 0. The third-order valence-electron chi connectivity index (χ3n) is 13.2. The molecule has 1 unspecified atom stereocenters. The maximum atomic E-state index is 5.60. The van der Waals surface area contributed by atoms with Gasteiger partial charge in [0.05, 0.1) is 28.7 Å². The van der Waals surface area contributed by atoms with Crippen LogP contribution in [0, 0.1) is 0 Å². The number of benzene rings is 9. The molecule has 2 heteroatoms. The van der Waals surface area contributed by atoms with Gasteiger partial charge in [0.15, 0.2) is 0 Å². The number of nitrogens with zero attached hydrogens (tertiary/aromatic N) is 2. The first-order valence-electron chi connectivity index (χ1n) is 20.9. The van der Waals surface area contributed by atoms with Gasteiger partial charge in [-0.1, -0.05) is 182 Å². The number of rotatable bonds is 6. The summed E-state index contributed by atoms with van der Waals surface area (Å²) in [6.45, 7) is 2.96. The van der Waals surface area contributed by atoms with Crippen molar-refractivity contribution in [2.24, 2.45) is 4.99 Å². The normalized spacial score (nSPS) is 15.6. The van der Waals surface area contributed by atoms with Crippen molar-refractivity contribution in [3.8, 4) is 27.9 Å². The van der Waals surface area contributed by atoms with Crippen LogP contribution in [0.25, 0.3) is 66.1 Å². The molecule has 282 valence electrons. The highest BCUT2D eigenvalue weighted by molar-refractivity contribution is 6.37. The van der Waals surface area contributed by atoms with Gasteiger partial charge in [0.2, 0.25) is 0 Å². The van der Waals surface area contributed by atoms with Crippen LogP contribution in [0.15, 0.2) is 223 Å². The molecule has 1 spiro atoms. The third-order valence-corrected chi connectivity index (χ3v) is 13.2. The zero-order valence-electron chi connectivity index (χ0n) is 33.3. The number of hydrogen-bond acceptors (Lipinski definition) is 1. The first-order chi connectivity index (χ1) is 29.7. The molecule has 2 aliphatic carbocycles. The van der Waals surface area contributed by atoms with E-state index in [2.05, 4.69) is 224 Å². The standard InChI is InChI=1S/C58H40N2/c1-38-56(57(59-37-39-16-3-2-4-17-39)49-25-15-19-41-18-5-6-20-44(41)49)50-24-8-12-27-52(50)58(38)51-26-11-7-21-45(51)46-35-32-42(36-53(46)58)40-30-33-43(34-31-40)60-54-28-13-9-22-47(54)48-23-10-14-29-55(48)60/h2-36H,37H2,1H3/b59-57-. The van der Waals surface area contributed by atoms with E-state index in [1.807, 2.05) is 0 Å². The molecule has 0 amide bonds. The SMILES string of the molecule is CC1=C(/C(=N\Cc2ccccc2)c2cccc3ccccc23)c2ccccc2C12c1ccccc1-c1ccc(-c3ccc(-n4c5ccccc5c5ccccc54)cc3)cc12. The maximum absolute atomic E-state index is 5.60. The van der Waals surface area contributed by atoms with E-state index in [1.54, 1.807) is 0 Å². The number of allylic oxidation sites excluding steroid dienone is 2. The summed E-state index contributed by atoms with van der Waals surface area (Å²) in [5, 5.41) is 4.97. The van der Waals surface area contributed by atoms with Crippen LogP contribution in [0.5, 0.6) is 0 Å². The van der Waals surface area contributed by atoms with Crippen molar-refractivity contribution in [2.45, 2.75) is 18.9 Å². The maximum Gasteiger partial charge on any atom is 0.0735 e. The van der Waals surface area contributed by atoms with Crippen molar-refractivity contribution in [3.05, 3.63) is 251 Å². The van der Waals surface area contributed by atoms with Gasteiger partial charge in [-0.05, 0) is 104 Å². The molecule has 1 atom stereocenters. The molecule has 1 heterocycles. The molecule has 10 aromatic rings. The summed E-state index contributed by atoms with van der Waals surface area (Å²) in [6, 6.07) is 77.9. The fourth-order valence-electron chi connectivity index (χ4n) is 10.6. The van der Waals surface area contributed by atoms with Crippen LogP contribution in [-0.4, -0.2) is 10.3 Å². The van der Waals surface area contributed by atoms with Crippen molar-refractivity contribution in [1.82, 2.24) is 4.57 Å². The lowest BCUT2D eigenvalue weighted by Crippen LogP contribution is -2.26. The second kappa shape index (κ2) is 13.5. The quantitative estimate of drug-likeness (QED) is 0.150. The fourth-order valence-corrected chi connectivity index (χ4v) is 10.6. The Hall–Kier alpha value is -7.55. The molecule has 12 rings (SSSR count). The Morgan fingerprint density at radius 1 is 0.467 bits per heavy atom. The largest absolute Gasteiger partial charge is 0.309 e. The van der Waals surface area contributed by atoms with E-state index in [0.717, 1.165) is 17.0 Å². The van der Waals surface area contributed by atoms with Crippen LogP contribution in [0.3, 0.4) is 0 Å². The summed E-state index contributed by atoms with van der Waals surface area (Å²) in [7, 11) is 0. The molecule has 2 nitrogen and oxygen atoms in total. The van der Waals surface area contributed by atoms with Gasteiger partial charge in [-0.15, -0.1) is 0 Å². The number of para-hydroxylation sites is 2. The van der Waals surface area contributed by atoms with Crippen molar-refractivity contribution in [3.63, 3.8) is 0 Å². The first kappa shape index (κ1) is 34.5. The summed E-state index contributed by atoms with van der Waals surface area (Å²) in [4.78, 5) is 5.60. The van der Waals surface area contributed by atoms with Crippen molar-refractivity contribution in [2.75, 3.05) is 0 Å². The van der Waals surface area contributed by atoms with Gasteiger partial charge in [0, 0.05) is 27.6 Å². The second-order valence-corrected chi connectivity index (χ2v) is 16.2. The molecule has 0 N–H and O–H groups in total. The third kappa shape index (κ3) is 4.98. The summed E-state index contributed by atoms with van der Waals surface area (Å²) >= 11 is 0. The van der Waals surface area contributed by atoms with E-state index in [1.165, 1.54) is 93.8 Å². The summed E-state index contributed by atoms with van der Waals surface area (Å²) < 4.78 is 2.39. The van der Waals surface area contributed by atoms with Gasteiger partial charge in [0.25, 0.3) is 0 Å². The lowest BCUT2D eigenvalue weighted by atomic mass is 9.69. The van der Waals surface area contributed by atoms with Gasteiger partial charge >= 0.3 is 0 Å². The van der Waals surface area contributed by atoms with Crippen LogP contribution >= 0.6 is 0 Å². The van der Waals surface area contributed by atoms with Crippen LogP contribution in [0.1, 0.15) is 40.3 Å². The van der Waals surface area contributed by atoms with Crippen molar-refractivity contribution in [1.29, 1.82) is 0 Å². The Labute approximate surface area is 350 Å². The Bertz CT molecular complexity index is 3340. The van der Waals surface area contributed by atoms with Gasteiger partial charge in [0.1, 0.15) is 0 Å². The van der Waals surface area contributed by atoms with Crippen LogP contribution in [0.2, 0.25) is 0 Å². The van der Waals surface area contributed by atoms with E-state index in [-0.39, 0.29) is 0 Å². The molecule has 9 aromatic carbocycles. The second-order valence-electron chi connectivity index (χ2n) is 16.2. The predicted molar refractivity (Wildman–Crippen MR) is 251 cm³/mol. The van der Waals surface area contributed by atoms with E-state index in [0.29, 0.717) is 6.54 Å². The monoisotopic (exact) mass is 764 g/mol. The molecular formula is C58H40N2. The predicted octanol–water partition coefficient (Wildman–Crippen LogP) is 14.4. The number of aliphatic imine (C=N–C) groups is 1. The van der Waals surface area contributed by atoms with Crippen LogP contribution < -0.4 is 0 Å². The van der Waals surface area contributed by atoms with Crippen molar-refractivity contribution < 1.29 is 0 Å². The Kier molecular flexibility index (Phi) is 7.77. The highest BCUT2D eigenvalue weighted by Crippen LogP contribution is 2.62. The van der Waals surface area contributed by atoms with Gasteiger partial charge < -0.3 is 4.57 Å². The molecule has 60 heavy (non-hydrogen) atoms. The molecule has 0 saturated carbocycles. The lowest BCUT2D eigenvalue weighted by molar-refractivity contribution is 0.767. The fraction of sp³-hybridized carbons (Fsp3) is 0.0517.